The van der Waals surface area contributed by atoms with Gasteiger partial charge in [0, 0.05) is 17.6 Å². The van der Waals surface area contributed by atoms with Crippen LogP contribution >= 0.6 is 15.9 Å². The van der Waals surface area contributed by atoms with Crippen LogP contribution in [0.2, 0.25) is 0 Å². The smallest absolute Gasteiger partial charge is 0.229 e. The van der Waals surface area contributed by atoms with Crippen molar-refractivity contribution >= 4 is 39.0 Å². The highest BCUT2D eigenvalue weighted by Crippen LogP contribution is 2.25. The standard InChI is InChI=1S/C18H18BrFN6O/c1-11-22-23-16-6-7-17(24-26(11)16)25-8-2-3-12(10-25)18(27)21-15-5-4-13(19)9-14(15)20/h4-7,9,12H,2-3,8,10H2,1H3,(H,21,27)/t12-/m1/s1. The third kappa shape index (κ3) is 3.64. The number of piperidine rings is 1. The van der Waals surface area contributed by atoms with Gasteiger partial charge in [0.2, 0.25) is 5.91 Å². The summed E-state index contributed by atoms with van der Waals surface area (Å²) >= 11 is 3.21. The Labute approximate surface area is 163 Å². The van der Waals surface area contributed by atoms with E-state index in [2.05, 4.69) is 41.4 Å². The number of hydrogen-bond acceptors (Lipinski definition) is 5. The van der Waals surface area contributed by atoms with E-state index in [9.17, 15) is 9.18 Å². The number of halogens is 2. The van der Waals surface area contributed by atoms with Crippen molar-refractivity contribution in [3.8, 4) is 0 Å². The van der Waals surface area contributed by atoms with Gasteiger partial charge in [0.05, 0.1) is 11.6 Å². The number of aromatic nitrogens is 4. The highest BCUT2D eigenvalue weighted by molar-refractivity contribution is 9.10. The van der Waals surface area contributed by atoms with Crippen LogP contribution in [0, 0.1) is 18.7 Å². The first-order chi connectivity index (χ1) is 13.0. The molecular formula is C18H18BrFN6O. The first-order valence-corrected chi connectivity index (χ1v) is 9.50. The van der Waals surface area contributed by atoms with Gasteiger partial charge >= 0.3 is 0 Å². The van der Waals surface area contributed by atoms with E-state index in [0.29, 0.717) is 22.5 Å². The van der Waals surface area contributed by atoms with Crippen LogP contribution in [0.25, 0.3) is 5.65 Å². The molecule has 2 aromatic heterocycles. The minimum Gasteiger partial charge on any atom is -0.354 e. The molecular weight excluding hydrogens is 415 g/mol. The topological polar surface area (TPSA) is 75.4 Å². The summed E-state index contributed by atoms with van der Waals surface area (Å²) in [4.78, 5) is 14.7. The number of anilines is 2. The van der Waals surface area contributed by atoms with Crippen LogP contribution in [0.5, 0.6) is 0 Å². The van der Waals surface area contributed by atoms with Crippen molar-refractivity contribution in [3.63, 3.8) is 0 Å². The molecule has 0 bridgehead atoms. The Balaban J connectivity index is 1.49. The molecule has 1 amide bonds. The Morgan fingerprint density at radius 1 is 1.30 bits per heavy atom. The predicted octanol–water partition coefficient (Wildman–Crippen LogP) is 3.19. The third-order valence-electron chi connectivity index (χ3n) is 4.71. The van der Waals surface area contributed by atoms with Gasteiger partial charge in [-0.25, -0.2) is 4.39 Å². The van der Waals surface area contributed by atoms with E-state index >= 15 is 0 Å². The van der Waals surface area contributed by atoms with Crippen molar-refractivity contribution in [1.29, 1.82) is 0 Å². The van der Waals surface area contributed by atoms with Crippen molar-refractivity contribution in [2.45, 2.75) is 19.8 Å². The first-order valence-electron chi connectivity index (χ1n) is 8.71. The van der Waals surface area contributed by atoms with Gasteiger partial charge in [-0.05, 0) is 50.1 Å². The molecule has 1 aliphatic rings. The van der Waals surface area contributed by atoms with E-state index in [-0.39, 0.29) is 17.5 Å². The van der Waals surface area contributed by atoms with E-state index in [1.807, 2.05) is 19.1 Å². The lowest BCUT2D eigenvalue weighted by Gasteiger charge is -2.32. The minimum absolute atomic E-state index is 0.178. The molecule has 0 radical (unpaired) electrons. The van der Waals surface area contributed by atoms with Gasteiger partial charge in [0.15, 0.2) is 11.5 Å². The summed E-state index contributed by atoms with van der Waals surface area (Å²) in [6, 6.07) is 8.35. The van der Waals surface area contributed by atoms with Crippen LogP contribution in [0.3, 0.4) is 0 Å². The molecule has 7 nitrogen and oxygen atoms in total. The highest BCUT2D eigenvalue weighted by atomic mass is 79.9. The van der Waals surface area contributed by atoms with E-state index in [4.69, 9.17) is 0 Å². The molecule has 1 aromatic carbocycles. The molecule has 0 spiro atoms. The molecule has 1 N–H and O–H groups in total. The number of carbonyl (C=O) groups is 1. The van der Waals surface area contributed by atoms with Gasteiger partial charge in [-0.2, -0.15) is 4.52 Å². The summed E-state index contributed by atoms with van der Waals surface area (Å²) in [6.07, 6.45) is 1.62. The molecule has 0 unspecified atom stereocenters. The summed E-state index contributed by atoms with van der Waals surface area (Å²) in [5.74, 6) is 0.617. The van der Waals surface area contributed by atoms with Crippen molar-refractivity contribution < 1.29 is 9.18 Å². The average molecular weight is 433 g/mol. The Kier molecular flexibility index (Phi) is 4.77. The summed E-state index contributed by atoms with van der Waals surface area (Å²) < 4.78 is 16.3. The van der Waals surface area contributed by atoms with Crippen molar-refractivity contribution in [2.75, 3.05) is 23.3 Å². The number of aryl methyl sites for hydroxylation is 1. The summed E-state index contributed by atoms with van der Waals surface area (Å²) in [6.45, 7) is 3.19. The molecule has 1 saturated heterocycles. The number of rotatable bonds is 3. The average Bonchev–Trinajstić information content (AvgIpc) is 3.04. The molecule has 140 valence electrons. The lowest BCUT2D eigenvalue weighted by Crippen LogP contribution is -2.41. The Hall–Kier alpha value is -2.55. The fourth-order valence-corrected chi connectivity index (χ4v) is 3.61. The largest absolute Gasteiger partial charge is 0.354 e. The lowest BCUT2D eigenvalue weighted by atomic mass is 9.97. The van der Waals surface area contributed by atoms with E-state index in [0.717, 1.165) is 25.2 Å². The first kappa shape index (κ1) is 17.8. The zero-order valence-electron chi connectivity index (χ0n) is 14.7. The lowest BCUT2D eigenvalue weighted by molar-refractivity contribution is -0.120. The third-order valence-corrected chi connectivity index (χ3v) is 5.20. The normalized spacial score (nSPS) is 17.3. The van der Waals surface area contributed by atoms with Gasteiger partial charge in [-0.3, -0.25) is 4.79 Å². The van der Waals surface area contributed by atoms with Gasteiger partial charge in [-0.1, -0.05) is 15.9 Å². The highest BCUT2D eigenvalue weighted by Gasteiger charge is 2.27. The van der Waals surface area contributed by atoms with Gasteiger partial charge in [0.25, 0.3) is 0 Å². The maximum atomic E-state index is 14.0. The predicted molar refractivity (Wildman–Crippen MR) is 103 cm³/mol. The molecule has 9 heteroatoms. The van der Waals surface area contributed by atoms with Crippen LogP contribution in [-0.2, 0) is 4.79 Å². The summed E-state index contributed by atoms with van der Waals surface area (Å²) in [5, 5.41) is 15.3. The second-order valence-corrected chi connectivity index (χ2v) is 7.52. The van der Waals surface area contributed by atoms with Crippen LogP contribution in [0.15, 0.2) is 34.8 Å². The molecule has 1 fully saturated rings. The molecule has 0 saturated carbocycles. The second-order valence-electron chi connectivity index (χ2n) is 6.61. The van der Waals surface area contributed by atoms with Crippen molar-refractivity contribution in [2.24, 2.45) is 5.92 Å². The Morgan fingerprint density at radius 2 is 2.15 bits per heavy atom. The summed E-state index contributed by atoms with van der Waals surface area (Å²) in [5.41, 5.74) is 0.883. The number of amides is 1. The van der Waals surface area contributed by atoms with Crippen LogP contribution in [0.4, 0.5) is 15.9 Å². The maximum Gasteiger partial charge on any atom is 0.229 e. The Bertz CT molecular complexity index is 1010. The molecule has 4 rings (SSSR count). The summed E-state index contributed by atoms with van der Waals surface area (Å²) in [7, 11) is 0. The molecule has 0 aliphatic carbocycles. The van der Waals surface area contributed by atoms with E-state index in [1.54, 1.807) is 16.6 Å². The minimum atomic E-state index is -0.458. The number of fused-ring (bicyclic) bond motifs is 1. The van der Waals surface area contributed by atoms with Crippen LogP contribution < -0.4 is 10.2 Å². The Morgan fingerprint density at radius 3 is 2.96 bits per heavy atom. The van der Waals surface area contributed by atoms with Crippen molar-refractivity contribution in [3.05, 3.63) is 46.4 Å². The molecule has 1 atom stereocenters. The molecule has 27 heavy (non-hydrogen) atoms. The monoisotopic (exact) mass is 432 g/mol. The quantitative estimate of drug-likeness (QED) is 0.687. The number of hydrogen-bond donors (Lipinski definition) is 1. The molecule has 3 heterocycles. The fraction of sp³-hybridized carbons (Fsp3) is 0.333. The zero-order valence-corrected chi connectivity index (χ0v) is 16.3. The second kappa shape index (κ2) is 7.22. The number of nitrogens with zero attached hydrogens (tertiary/aromatic N) is 5. The number of nitrogens with one attached hydrogen (secondary N) is 1. The van der Waals surface area contributed by atoms with E-state index < -0.39 is 5.82 Å². The van der Waals surface area contributed by atoms with Gasteiger partial charge < -0.3 is 10.2 Å². The zero-order chi connectivity index (χ0) is 19.0. The number of carbonyl (C=O) groups excluding carboxylic acids is 1. The van der Waals surface area contributed by atoms with Gasteiger partial charge in [0.1, 0.15) is 11.6 Å². The van der Waals surface area contributed by atoms with E-state index in [1.165, 1.54) is 6.07 Å². The van der Waals surface area contributed by atoms with Gasteiger partial charge in [-0.15, -0.1) is 15.3 Å². The molecule has 3 aromatic rings. The molecule has 1 aliphatic heterocycles. The van der Waals surface area contributed by atoms with Crippen molar-refractivity contribution in [1.82, 2.24) is 19.8 Å². The SMILES string of the molecule is Cc1nnc2ccc(N3CCC[C@@H](C(=O)Nc4ccc(Br)cc4F)C3)nn12. The fourth-order valence-electron chi connectivity index (χ4n) is 3.28. The van der Waals surface area contributed by atoms with Crippen LogP contribution in [-0.4, -0.2) is 38.8 Å². The van der Waals surface area contributed by atoms with Crippen LogP contribution in [0.1, 0.15) is 18.7 Å². The number of benzene rings is 1. The maximum absolute atomic E-state index is 14.0.